The highest BCUT2D eigenvalue weighted by Gasteiger charge is 2.61. The van der Waals surface area contributed by atoms with Crippen LogP contribution >= 0.6 is 12.4 Å². The van der Waals surface area contributed by atoms with Crippen molar-refractivity contribution in [3.63, 3.8) is 0 Å². The number of aryl methyl sites for hydroxylation is 1. The van der Waals surface area contributed by atoms with E-state index in [2.05, 4.69) is 10.3 Å². The van der Waals surface area contributed by atoms with E-state index in [1.54, 1.807) is 0 Å². The van der Waals surface area contributed by atoms with Crippen molar-refractivity contribution in [2.45, 2.75) is 25.6 Å². The van der Waals surface area contributed by atoms with Gasteiger partial charge in [0.05, 0.1) is 5.52 Å². The molecule has 0 amide bonds. The highest BCUT2D eigenvalue weighted by Crippen LogP contribution is 2.43. The maximum Gasteiger partial charge on any atom is 0.461 e. The lowest BCUT2D eigenvalue weighted by Gasteiger charge is -2.16. The van der Waals surface area contributed by atoms with Gasteiger partial charge in [-0.2, -0.15) is 22.0 Å². The van der Waals surface area contributed by atoms with E-state index in [1.165, 1.54) is 18.2 Å². The number of imidazole rings is 1. The fourth-order valence-electron chi connectivity index (χ4n) is 2.58. The number of aromatic amines is 1. The van der Waals surface area contributed by atoms with Crippen molar-refractivity contribution in [1.29, 1.82) is 0 Å². The number of nitrogens with zero attached hydrogens (tertiary/aromatic N) is 1. The van der Waals surface area contributed by atoms with Crippen LogP contribution in [0.15, 0.2) is 42.5 Å². The minimum atomic E-state index is -5.73. The molecule has 0 saturated heterocycles. The monoisotopic (exact) mass is 435 g/mol. The summed E-state index contributed by atoms with van der Waals surface area (Å²) in [4.78, 5) is 5.47. The Hall–Kier alpha value is -2.39. The summed E-state index contributed by atoms with van der Waals surface area (Å²) in [6.45, 7) is 3.28. The van der Waals surface area contributed by atoms with E-state index in [0.29, 0.717) is 13.1 Å². The van der Waals surface area contributed by atoms with Crippen LogP contribution < -0.4 is 10.1 Å². The Morgan fingerprint density at radius 1 is 1.03 bits per heavy atom. The molecule has 4 nitrogen and oxygen atoms in total. The molecule has 0 atom stereocenters. The van der Waals surface area contributed by atoms with Crippen molar-refractivity contribution in [1.82, 2.24) is 15.3 Å². The Balaban J connectivity index is 0.00000300. The topological polar surface area (TPSA) is 49.9 Å². The number of fused-ring (bicyclic) bond motifs is 1. The molecular formula is C19H19ClF5N3O. The van der Waals surface area contributed by atoms with Crippen LogP contribution in [0.3, 0.4) is 0 Å². The second-order valence-corrected chi connectivity index (χ2v) is 6.32. The zero-order valence-electron chi connectivity index (χ0n) is 15.3. The molecule has 0 fully saturated rings. The molecule has 3 rings (SSSR count). The fraction of sp³-hybridized carbons (Fsp3) is 0.316. The van der Waals surface area contributed by atoms with Gasteiger partial charge in [-0.3, -0.25) is 0 Å². The molecule has 0 radical (unpaired) electrons. The lowest BCUT2D eigenvalue weighted by atomic mass is 10.1. The van der Waals surface area contributed by atoms with Crippen LogP contribution in [0.25, 0.3) is 11.0 Å². The predicted molar refractivity (Wildman–Crippen MR) is 102 cm³/mol. The Morgan fingerprint density at radius 2 is 1.72 bits per heavy atom. The van der Waals surface area contributed by atoms with Gasteiger partial charge in [-0.1, -0.05) is 35.9 Å². The van der Waals surface area contributed by atoms with Crippen LogP contribution in [0.5, 0.6) is 5.75 Å². The number of H-pyrrole nitrogens is 1. The van der Waals surface area contributed by atoms with Gasteiger partial charge >= 0.3 is 12.1 Å². The first-order valence-electron chi connectivity index (χ1n) is 8.51. The summed E-state index contributed by atoms with van der Waals surface area (Å²) in [6, 6.07) is 12.3. The van der Waals surface area contributed by atoms with E-state index < -0.39 is 17.9 Å². The minimum absolute atomic E-state index is 0. The van der Waals surface area contributed by atoms with Gasteiger partial charge in [0.1, 0.15) is 17.9 Å². The van der Waals surface area contributed by atoms with Gasteiger partial charge < -0.3 is 15.0 Å². The largest absolute Gasteiger partial charge is 0.490 e. The lowest BCUT2D eigenvalue weighted by molar-refractivity contribution is -0.292. The Labute approximate surface area is 169 Å². The van der Waals surface area contributed by atoms with E-state index >= 15 is 0 Å². The quantitative estimate of drug-likeness (QED) is 0.400. The van der Waals surface area contributed by atoms with Gasteiger partial charge in [0.15, 0.2) is 5.82 Å². The number of rotatable bonds is 7. The summed E-state index contributed by atoms with van der Waals surface area (Å²) in [5.41, 5.74) is 2.23. The van der Waals surface area contributed by atoms with Gasteiger partial charge in [-0.25, -0.2) is 4.98 Å². The predicted octanol–water partition coefficient (Wildman–Crippen LogP) is 5.12. The maximum atomic E-state index is 13.5. The number of ether oxygens (including phenoxy) is 1. The molecule has 1 heterocycles. The van der Waals surface area contributed by atoms with Gasteiger partial charge in [-0.05, 0) is 24.6 Å². The third-order valence-corrected chi connectivity index (χ3v) is 4.12. The first-order valence-corrected chi connectivity index (χ1v) is 8.51. The van der Waals surface area contributed by atoms with E-state index in [-0.39, 0.29) is 35.8 Å². The smallest absolute Gasteiger partial charge is 0.461 e. The molecule has 0 spiro atoms. The van der Waals surface area contributed by atoms with Crippen molar-refractivity contribution in [2.75, 3.05) is 13.2 Å². The molecule has 0 aliphatic rings. The summed E-state index contributed by atoms with van der Waals surface area (Å²) in [6.07, 6.45) is -5.73. The molecule has 0 aliphatic carbocycles. The number of para-hydroxylation sites is 1. The van der Waals surface area contributed by atoms with Crippen LogP contribution in [0.4, 0.5) is 22.0 Å². The number of hydrogen-bond acceptors (Lipinski definition) is 3. The molecule has 0 saturated carbocycles. The number of nitrogens with one attached hydrogen (secondary N) is 2. The first kappa shape index (κ1) is 22.9. The SMILES string of the molecule is Cc1ccc(CNCCOc2cccc3[nH]c(C(F)(F)C(F)(F)F)nc23)cc1.Cl. The summed E-state index contributed by atoms with van der Waals surface area (Å²) in [5, 5.41) is 3.17. The molecule has 2 aromatic carbocycles. The van der Waals surface area contributed by atoms with Crippen molar-refractivity contribution < 1.29 is 26.7 Å². The van der Waals surface area contributed by atoms with Gasteiger partial charge in [0.2, 0.25) is 0 Å². The Bertz CT molecular complexity index is 941. The van der Waals surface area contributed by atoms with Crippen LogP contribution in [-0.4, -0.2) is 29.3 Å². The molecule has 2 N–H and O–H groups in total. The van der Waals surface area contributed by atoms with E-state index in [4.69, 9.17) is 4.74 Å². The average molecular weight is 436 g/mol. The second-order valence-electron chi connectivity index (χ2n) is 6.32. The molecule has 29 heavy (non-hydrogen) atoms. The number of aromatic nitrogens is 2. The third kappa shape index (κ3) is 5.16. The molecular weight excluding hydrogens is 417 g/mol. The normalized spacial score (nSPS) is 12.1. The van der Waals surface area contributed by atoms with Crippen LogP contribution in [0.1, 0.15) is 17.0 Å². The van der Waals surface area contributed by atoms with Crippen molar-refractivity contribution in [3.05, 3.63) is 59.4 Å². The number of alkyl halides is 5. The van der Waals surface area contributed by atoms with Gasteiger partial charge in [0.25, 0.3) is 0 Å². The van der Waals surface area contributed by atoms with Crippen LogP contribution in [-0.2, 0) is 12.5 Å². The third-order valence-electron chi connectivity index (χ3n) is 4.12. The van der Waals surface area contributed by atoms with E-state index in [1.807, 2.05) is 36.2 Å². The van der Waals surface area contributed by atoms with Crippen LogP contribution in [0.2, 0.25) is 0 Å². The molecule has 1 aromatic heterocycles. The number of halogens is 6. The zero-order valence-corrected chi connectivity index (χ0v) is 16.1. The molecule has 158 valence electrons. The molecule has 3 aromatic rings. The maximum absolute atomic E-state index is 13.5. The first-order chi connectivity index (χ1) is 13.2. The minimum Gasteiger partial charge on any atom is -0.490 e. The van der Waals surface area contributed by atoms with Crippen molar-refractivity contribution >= 4 is 23.4 Å². The number of hydrogen-bond donors (Lipinski definition) is 2. The molecule has 0 bridgehead atoms. The summed E-state index contributed by atoms with van der Waals surface area (Å²) >= 11 is 0. The second kappa shape index (κ2) is 8.96. The average Bonchev–Trinajstić information content (AvgIpc) is 3.08. The Morgan fingerprint density at radius 3 is 2.38 bits per heavy atom. The van der Waals surface area contributed by atoms with Crippen molar-refractivity contribution in [3.8, 4) is 5.75 Å². The lowest BCUT2D eigenvalue weighted by Crippen LogP contribution is -2.34. The summed E-state index contributed by atoms with van der Waals surface area (Å²) < 4.78 is 70.2. The van der Waals surface area contributed by atoms with Crippen molar-refractivity contribution in [2.24, 2.45) is 0 Å². The molecule has 10 heteroatoms. The number of benzene rings is 2. The van der Waals surface area contributed by atoms with E-state index in [0.717, 1.165) is 11.1 Å². The highest BCUT2D eigenvalue weighted by molar-refractivity contribution is 5.85. The van der Waals surface area contributed by atoms with Gasteiger partial charge in [0, 0.05) is 13.1 Å². The van der Waals surface area contributed by atoms with E-state index in [9.17, 15) is 22.0 Å². The zero-order chi connectivity index (χ0) is 20.4. The summed E-state index contributed by atoms with van der Waals surface area (Å²) in [7, 11) is 0. The standard InChI is InChI=1S/C19H18F5N3O.ClH/c1-12-5-7-13(8-6-12)11-25-9-10-28-15-4-2-3-14-16(15)27-17(26-14)18(20,21)19(22,23)24;/h2-8,25H,9-11H2,1H3,(H,26,27);1H. The summed E-state index contributed by atoms with van der Waals surface area (Å²) in [5.74, 6) is -6.39. The molecule has 0 aliphatic heterocycles. The fourth-order valence-corrected chi connectivity index (χ4v) is 2.58. The Kier molecular flexibility index (Phi) is 7.07. The molecule has 0 unspecified atom stereocenters. The van der Waals surface area contributed by atoms with Crippen LogP contribution in [0, 0.1) is 6.92 Å². The van der Waals surface area contributed by atoms with Gasteiger partial charge in [-0.15, -0.1) is 12.4 Å². The highest BCUT2D eigenvalue weighted by atomic mass is 35.5.